The molecule has 0 aliphatic rings. The normalized spacial score (nSPS) is 11.7. The molecule has 252 valence electrons. The summed E-state index contributed by atoms with van der Waals surface area (Å²) >= 11 is 0. The van der Waals surface area contributed by atoms with E-state index in [9.17, 15) is 0 Å². The molecular weight excluding hydrogens is 663 g/mol. The van der Waals surface area contributed by atoms with Crippen molar-refractivity contribution >= 4 is 54.8 Å². The largest absolute Gasteiger partial charge is 0.456 e. The number of rotatable bonds is 5. The van der Waals surface area contributed by atoms with Gasteiger partial charge < -0.3 is 8.83 Å². The molecule has 0 unspecified atom stereocenters. The van der Waals surface area contributed by atoms with Crippen LogP contribution in [0.3, 0.4) is 0 Å². The van der Waals surface area contributed by atoms with Gasteiger partial charge in [0.1, 0.15) is 22.4 Å². The van der Waals surface area contributed by atoms with E-state index in [-0.39, 0.29) is 0 Å². The summed E-state index contributed by atoms with van der Waals surface area (Å²) in [6, 6.07) is 60.2. The summed E-state index contributed by atoms with van der Waals surface area (Å²) in [6.45, 7) is 0. The number of furan rings is 2. The molecule has 11 aromatic rings. The van der Waals surface area contributed by atoms with Crippen LogP contribution in [0.15, 0.2) is 185 Å². The van der Waals surface area contributed by atoms with Crippen molar-refractivity contribution in [3.05, 3.63) is 176 Å². The van der Waals surface area contributed by atoms with Crippen LogP contribution in [0.5, 0.6) is 0 Å². The molecule has 0 aliphatic carbocycles. The molecule has 5 nitrogen and oxygen atoms in total. The molecule has 0 saturated heterocycles. The van der Waals surface area contributed by atoms with Gasteiger partial charge in [-0.15, -0.1) is 0 Å². The van der Waals surface area contributed by atoms with E-state index in [0.717, 1.165) is 105 Å². The number of benzene rings is 7. The molecule has 0 fully saturated rings. The molecule has 0 bridgehead atoms. The number of nitrogens with zero attached hydrogens (tertiary/aromatic N) is 3. The second-order valence-corrected chi connectivity index (χ2v) is 13.5. The summed E-state index contributed by atoms with van der Waals surface area (Å²) in [7, 11) is 0. The van der Waals surface area contributed by atoms with Crippen molar-refractivity contribution in [1.29, 1.82) is 0 Å². The Kier molecular flexibility index (Phi) is 6.79. The van der Waals surface area contributed by atoms with Gasteiger partial charge >= 0.3 is 0 Å². The van der Waals surface area contributed by atoms with Crippen LogP contribution in [-0.4, -0.2) is 15.0 Å². The first-order valence-corrected chi connectivity index (χ1v) is 18.0. The monoisotopic (exact) mass is 691 g/mol. The summed E-state index contributed by atoms with van der Waals surface area (Å²) in [5.41, 5.74) is 13.0. The zero-order valence-electron chi connectivity index (χ0n) is 28.9. The first-order valence-electron chi connectivity index (χ1n) is 18.0. The smallest absolute Gasteiger partial charge is 0.162 e. The fraction of sp³-hybridized carbons (Fsp3) is 0. The van der Waals surface area contributed by atoms with Crippen molar-refractivity contribution in [2.45, 2.75) is 0 Å². The van der Waals surface area contributed by atoms with Crippen molar-refractivity contribution in [3.8, 4) is 56.3 Å². The van der Waals surface area contributed by atoms with Crippen LogP contribution in [0.2, 0.25) is 0 Å². The second kappa shape index (κ2) is 12.1. The summed E-state index contributed by atoms with van der Waals surface area (Å²) in [6.07, 6.45) is 0. The van der Waals surface area contributed by atoms with Crippen LogP contribution >= 0.6 is 0 Å². The topological polar surface area (TPSA) is 65.0 Å². The predicted molar refractivity (Wildman–Crippen MR) is 219 cm³/mol. The van der Waals surface area contributed by atoms with Gasteiger partial charge in [-0.2, -0.15) is 0 Å². The Morgan fingerprint density at radius 2 is 0.907 bits per heavy atom. The van der Waals surface area contributed by atoms with Crippen LogP contribution in [0.1, 0.15) is 0 Å². The fourth-order valence-electron chi connectivity index (χ4n) is 7.72. The molecule has 5 heteroatoms. The molecule has 0 N–H and O–H groups in total. The van der Waals surface area contributed by atoms with Gasteiger partial charge in [-0.1, -0.05) is 146 Å². The molecule has 0 spiro atoms. The molecule has 0 saturated carbocycles. The van der Waals surface area contributed by atoms with E-state index in [1.807, 2.05) is 54.6 Å². The number of fused-ring (bicyclic) bond motifs is 8. The number of para-hydroxylation sites is 3. The second-order valence-electron chi connectivity index (χ2n) is 13.5. The predicted octanol–water partition coefficient (Wildman–Crippen LogP) is 13.2. The Morgan fingerprint density at radius 1 is 0.352 bits per heavy atom. The third-order valence-corrected chi connectivity index (χ3v) is 10.3. The Labute approximate surface area is 309 Å². The van der Waals surface area contributed by atoms with Crippen molar-refractivity contribution in [1.82, 2.24) is 15.0 Å². The van der Waals surface area contributed by atoms with E-state index >= 15 is 0 Å². The lowest BCUT2D eigenvalue weighted by Crippen LogP contribution is -1.96. The molecule has 54 heavy (non-hydrogen) atoms. The molecule has 0 aliphatic heterocycles. The van der Waals surface area contributed by atoms with Crippen LogP contribution in [0.25, 0.3) is 111 Å². The van der Waals surface area contributed by atoms with Crippen LogP contribution in [0.4, 0.5) is 0 Å². The molecule has 4 heterocycles. The van der Waals surface area contributed by atoms with E-state index in [1.165, 1.54) is 0 Å². The minimum absolute atomic E-state index is 0.650. The van der Waals surface area contributed by atoms with E-state index in [2.05, 4.69) is 121 Å². The third-order valence-electron chi connectivity index (χ3n) is 10.3. The highest BCUT2D eigenvalue weighted by Crippen LogP contribution is 2.40. The standard InChI is InChI=1S/C49H29N3O2/c1-2-11-31(12-3-1)40-29-41(32-23-21-30(22-24-32)35-16-10-20-44-45(35)37-14-5-8-18-42(37)53-44)52-49(51-40)34-27-25-33(26-28-34)47-48-46(36-13-4-7-17-39(36)50-47)38-15-6-9-19-43(38)54-48/h1-29H. The Bertz CT molecular complexity index is 3200. The number of hydrogen-bond acceptors (Lipinski definition) is 5. The van der Waals surface area contributed by atoms with Crippen LogP contribution in [-0.2, 0) is 0 Å². The van der Waals surface area contributed by atoms with E-state index in [4.69, 9.17) is 23.8 Å². The molecule has 0 radical (unpaired) electrons. The molecule has 7 aromatic carbocycles. The molecule has 0 amide bonds. The van der Waals surface area contributed by atoms with Crippen molar-refractivity contribution in [2.75, 3.05) is 0 Å². The quantitative estimate of drug-likeness (QED) is 0.180. The lowest BCUT2D eigenvalue weighted by atomic mass is 9.97. The van der Waals surface area contributed by atoms with Gasteiger partial charge in [0.15, 0.2) is 11.4 Å². The van der Waals surface area contributed by atoms with E-state index in [0.29, 0.717) is 5.82 Å². The maximum atomic E-state index is 6.47. The zero-order chi connectivity index (χ0) is 35.6. The average molecular weight is 692 g/mol. The maximum Gasteiger partial charge on any atom is 0.162 e. The van der Waals surface area contributed by atoms with Gasteiger partial charge in [0.05, 0.1) is 16.9 Å². The van der Waals surface area contributed by atoms with Gasteiger partial charge in [0, 0.05) is 49.2 Å². The summed E-state index contributed by atoms with van der Waals surface area (Å²) < 4.78 is 12.6. The van der Waals surface area contributed by atoms with Gasteiger partial charge in [-0.3, -0.25) is 0 Å². The van der Waals surface area contributed by atoms with E-state index in [1.54, 1.807) is 0 Å². The first-order chi connectivity index (χ1) is 26.7. The summed E-state index contributed by atoms with van der Waals surface area (Å²) in [5.74, 6) is 0.650. The van der Waals surface area contributed by atoms with Gasteiger partial charge in [-0.05, 0) is 41.5 Å². The lowest BCUT2D eigenvalue weighted by Gasteiger charge is -2.11. The molecular formula is C49H29N3O2. The minimum Gasteiger partial charge on any atom is -0.456 e. The highest BCUT2D eigenvalue weighted by Gasteiger charge is 2.19. The molecule has 0 atom stereocenters. The Hall–Kier alpha value is -7.37. The molecule has 11 rings (SSSR count). The lowest BCUT2D eigenvalue weighted by molar-refractivity contribution is 0.668. The Balaban J connectivity index is 1.01. The number of pyridine rings is 1. The van der Waals surface area contributed by atoms with Crippen molar-refractivity contribution in [2.24, 2.45) is 0 Å². The Morgan fingerprint density at radius 3 is 1.67 bits per heavy atom. The number of hydrogen-bond donors (Lipinski definition) is 0. The summed E-state index contributed by atoms with van der Waals surface area (Å²) in [4.78, 5) is 15.3. The summed E-state index contributed by atoms with van der Waals surface area (Å²) in [5, 5.41) is 5.49. The van der Waals surface area contributed by atoms with Crippen LogP contribution in [0, 0.1) is 0 Å². The van der Waals surface area contributed by atoms with Gasteiger partial charge in [-0.25, -0.2) is 15.0 Å². The fourth-order valence-corrected chi connectivity index (χ4v) is 7.72. The van der Waals surface area contributed by atoms with Crippen molar-refractivity contribution < 1.29 is 8.83 Å². The average Bonchev–Trinajstić information content (AvgIpc) is 3.83. The maximum absolute atomic E-state index is 6.47. The van der Waals surface area contributed by atoms with Crippen molar-refractivity contribution in [3.63, 3.8) is 0 Å². The van der Waals surface area contributed by atoms with Gasteiger partial charge in [0.2, 0.25) is 0 Å². The third kappa shape index (κ3) is 4.90. The highest BCUT2D eigenvalue weighted by atomic mass is 16.3. The van der Waals surface area contributed by atoms with E-state index < -0.39 is 0 Å². The van der Waals surface area contributed by atoms with Gasteiger partial charge in [0.25, 0.3) is 0 Å². The minimum atomic E-state index is 0.650. The van der Waals surface area contributed by atoms with Crippen LogP contribution < -0.4 is 0 Å². The SMILES string of the molecule is c1ccc(-c2cc(-c3ccc(-c4cccc5oc6ccccc6c45)cc3)nc(-c3ccc(-c4nc5ccccc5c5c4oc4ccccc45)cc3)n2)cc1. The first kappa shape index (κ1) is 30.3. The number of aromatic nitrogens is 3. The molecule has 4 aromatic heterocycles. The highest BCUT2D eigenvalue weighted by molar-refractivity contribution is 6.20. The zero-order valence-corrected chi connectivity index (χ0v) is 28.9.